The van der Waals surface area contributed by atoms with Gasteiger partial charge in [0.15, 0.2) is 0 Å². The van der Waals surface area contributed by atoms with Crippen molar-refractivity contribution in [1.82, 2.24) is 10.2 Å². The van der Waals surface area contributed by atoms with Crippen molar-refractivity contribution in [3.8, 4) is 0 Å². The second-order valence-corrected chi connectivity index (χ2v) is 5.14. The minimum atomic E-state index is 0.758. The highest BCUT2D eigenvalue weighted by molar-refractivity contribution is 4.90. The normalized spacial score (nSPS) is 40.3. The molecule has 2 nitrogen and oxygen atoms in total. The molecule has 0 aromatic carbocycles. The molecule has 2 rings (SSSR count). The van der Waals surface area contributed by atoms with Crippen molar-refractivity contribution >= 4 is 0 Å². The number of hydrogen-bond donors (Lipinski definition) is 1. The summed E-state index contributed by atoms with van der Waals surface area (Å²) in [5, 5.41) is 3.50. The Bertz CT molecular complexity index is 181. The predicted octanol–water partition coefficient (Wildman–Crippen LogP) is 1.86. The van der Waals surface area contributed by atoms with Crippen molar-refractivity contribution in [3.63, 3.8) is 0 Å². The van der Waals surface area contributed by atoms with Crippen LogP contribution in [0, 0.1) is 5.92 Å². The van der Waals surface area contributed by atoms with E-state index in [4.69, 9.17) is 0 Å². The molecule has 1 saturated heterocycles. The minimum absolute atomic E-state index is 0.758. The molecule has 0 bridgehead atoms. The van der Waals surface area contributed by atoms with E-state index in [1.165, 1.54) is 45.2 Å². The molecule has 2 heteroatoms. The first-order valence-corrected chi connectivity index (χ1v) is 6.22. The SMILES string of the molecule is CNC1CCCCC1N1CCC(C)C1. The van der Waals surface area contributed by atoms with Crippen molar-refractivity contribution in [2.75, 3.05) is 20.1 Å². The summed E-state index contributed by atoms with van der Waals surface area (Å²) in [6.45, 7) is 5.06. The zero-order valence-corrected chi connectivity index (χ0v) is 9.63. The fraction of sp³-hybridized carbons (Fsp3) is 1.00. The molecule has 0 amide bonds. The van der Waals surface area contributed by atoms with Gasteiger partial charge in [-0.2, -0.15) is 0 Å². The maximum Gasteiger partial charge on any atom is 0.0249 e. The van der Waals surface area contributed by atoms with E-state index in [1.54, 1.807) is 0 Å². The van der Waals surface area contributed by atoms with Crippen LogP contribution in [-0.2, 0) is 0 Å². The van der Waals surface area contributed by atoms with E-state index in [-0.39, 0.29) is 0 Å². The summed E-state index contributed by atoms with van der Waals surface area (Å²) in [7, 11) is 2.13. The summed E-state index contributed by atoms with van der Waals surface area (Å²) in [6.07, 6.45) is 7.07. The van der Waals surface area contributed by atoms with Crippen LogP contribution in [0.3, 0.4) is 0 Å². The van der Waals surface area contributed by atoms with E-state index in [0.717, 1.165) is 18.0 Å². The first-order valence-electron chi connectivity index (χ1n) is 6.22. The van der Waals surface area contributed by atoms with Gasteiger partial charge in [0.05, 0.1) is 0 Å². The average molecular weight is 196 g/mol. The van der Waals surface area contributed by atoms with Crippen LogP contribution in [0.25, 0.3) is 0 Å². The van der Waals surface area contributed by atoms with Crippen molar-refractivity contribution < 1.29 is 0 Å². The molecule has 82 valence electrons. The van der Waals surface area contributed by atoms with Gasteiger partial charge in [-0.05, 0) is 38.8 Å². The van der Waals surface area contributed by atoms with Gasteiger partial charge < -0.3 is 5.32 Å². The third-order valence-corrected chi connectivity index (χ3v) is 4.02. The molecule has 1 aliphatic heterocycles. The van der Waals surface area contributed by atoms with E-state index < -0.39 is 0 Å². The molecule has 3 atom stereocenters. The lowest BCUT2D eigenvalue weighted by Crippen LogP contribution is -2.49. The Kier molecular flexibility index (Phi) is 3.45. The number of hydrogen-bond acceptors (Lipinski definition) is 2. The molecule has 1 saturated carbocycles. The van der Waals surface area contributed by atoms with Crippen molar-refractivity contribution in [1.29, 1.82) is 0 Å². The molecular formula is C12H24N2. The third kappa shape index (κ3) is 2.12. The highest BCUT2D eigenvalue weighted by Gasteiger charge is 2.32. The molecule has 0 aromatic heterocycles. The summed E-state index contributed by atoms with van der Waals surface area (Å²) in [5.74, 6) is 0.925. The number of rotatable bonds is 2. The zero-order chi connectivity index (χ0) is 9.97. The van der Waals surface area contributed by atoms with Crippen LogP contribution in [0.2, 0.25) is 0 Å². The standard InChI is InChI=1S/C12H24N2/c1-10-7-8-14(9-10)12-6-4-3-5-11(12)13-2/h10-13H,3-9H2,1-2H3. The van der Waals surface area contributed by atoms with Gasteiger partial charge in [0.1, 0.15) is 0 Å². The van der Waals surface area contributed by atoms with Gasteiger partial charge in [0, 0.05) is 18.6 Å². The third-order valence-electron chi connectivity index (χ3n) is 4.02. The van der Waals surface area contributed by atoms with Gasteiger partial charge in [-0.1, -0.05) is 19.8 Å². The molecular weight excluding hydrogens is 172 g/mol. The second-order valence-electron chi connectivity index (χ2n) is 5.14. The van der Waals surface area contributed by atoms with Crippen LogP contribution in [-0.4, -0.2) is 37.1 Å². The highest BCUT2D eigenvalue weighted by atomic mass is 15.2. The molecule has 1 heterocycles. The van der Waals surface area contributed by atoms with Crippen LogP contribution < -0.4 is 5.32 Å². The Balaban J connectivity index is 1.93. The molecule has 3 unspecified atom stereocenters. The van der Waals surface area contributed by atoms with Crippen molar-refractivity contribution in [2.45, 2.75) is 51.1 Å². The predicted molar refractivity (Wildman–Crippen MR) is 60.5 cm³/mol. The van der Waals surface area contributed by atoms with Crippen LogP contribution in [0.15, 0.2) is 0 Å². The quantitative estimate of drug-likeness (QED) is 0.725. The topological polar surface area (TPSA) is 15.3 Å². The number of likely N-dealkylation sites (N-methyl/N-ethyl adjacent to an activating group) is 1. The summed E-state index contributed by atoms with van der Waals surface area (Å²) < 4.78 is 0. The van der Waals surface area contributed by atoms with Crippen LogP contribution in [0.1, 0.15) is 39.0 Å². The van der Waals surface area contributed by atoms with E-state index in [2.05, 4.69) is 24.2 Å². The Morgan fingerprint density at radius 1 is 1.14 bits per heavy atom. The fourth-order valence-electron chi connectivity index (χ4n) is 3.16. The lowest BCUT2D eigenvalue weighted by atomic mass is 9.89. The van der Waals surface area contributed by atoms with E-state index in [1.807, 2.05) is 0 Å². The summed E-state index contributed by atoms with van der Waals surface area (Å²) in [4.78, 5) is 2.73. The van der Waals surface area contributed by atoms with Gasteiger partial charge in [0.2, 0.25) is 0 Å². The molecule has 0 aromatic rings. The lowest BCUT2D eigenvalue weighted by Gasteiger charge is -2.38. The van der Waals surface area contributed by atoms with E-state index in [0.29, 0.717) is 0 Å². The minimum Gasteiger partial charge on any atom is -0.315 e. The molecule has 0 spiro atoms. The van der Waals surface area contributed by atoms with Gasteiger partial charge in [-0.25, -0.2) is 0 Å². The van der Waals surface area contributed by atoms with Gasteiger partial charge in [-0.3, -0.25) is 4.90 Å². The second kappa shape index (κ2) is 4.63. The first-order chi connectivity index (χ1) is 6.81. The van der Waals surface area contributed by atoms with Crippen LogP contribution >= 0.6 is 0 Å². The summed E-state index contributed by atoms with van der Waals surface area (Å²) in [6, 6.07) is 1.59. The van der Waals surface area contributed by atoms with E-state index in [9.17, 15) is 0 Å². The van der Waals surface area contributed by atoms with Gasteiger partial charge in [-0.15, -0.1) is 0 Å². The average Bonchev–Trinajstić information content (AvgIpc) is 2.65. The van der Waals surface area contributed by atoms with Gasteiger partial charge >= 0.3 is 0 Å². The molecule has 2 fully saturated rings. The van der Waals surface area contributed by atoms with Gasteiger partial charge in [0.25, 0.3) is 0 Å². The van der Waals surface area contributed by atoms with Crippen molar-refractivity contribution in [3.05, 3.63) is 0 Å². The van der Waals surface area contributed by atoms with Crippen LogP contribution in [0.5, 0.6) is 0 Å². The first kappa shape index (κ1) is 10.4. The van der Waals surface area contributed by atoms with Crippen LogP contribution in [0.4, 0.5) is 0 Å². The number of likely N-dealkylation sites (tertiary alicyclic amines) is 1. The Morgan fingerprint density at radius 2 is 1.93 bits per heavy atom. The Hall–Kier alpha value is -0.0800. The fourth-order valence-corrected chi connectivity index (χ4v) is 3.16. The molecule has 1 aliphatic carbocycles. The maximum absolute atomic E-state index is 3.50. The monoisotopic (exact) mass is 196 g/mol. The highest BCUT2D eigenvalue weighted by Crippen LogP contribution is 2.27. The van der Waals surface area contributed by atoms with E-state index >= 15 is 0 Å². The number of nitrogens with one attached hydrogen (secondary N) is 1. The summed E-state index contributed by atoms with van der Waals surface area (Å²) >= 11 is 0. The van der Waals surface area contributed by atoms with Crippen molar-refractivity contribution in [2.24, 2.45) is 5.92 Å². The number of nitrogens with zero attached hydrogens (tertiary/aromatic N) is 1. The largest absolute Gasteiger partial charge is 0.315 e. The Labute approximate surface area is 88.1 Å². The molecule has 1 N–H and O–H groups in total. The smallest absolute Gasteiger partial charge is 0.0249 e. The molecule has 14 heavy (non-hydrogen) atoms. The summed E-state index contributed by atoms with van der Waals surface area (Å²) in [5.41, 5.74) is 0. The molecule has 0 radical (unpaired) electrons. The molecule has 2 aliphatic rings. The zero-order valence-electron chi connectivity index (χ0n) is 9.63. The maximum atomic E-state index is 3.50. The Morgan fingerprint density at radius 3 is 2.57 bits per heavy atom. The lowest BCUT2D eigenvalue weighted by molar-refractivity contribution is 0.149.